The zero-order chi connectivity index (χ0) is 4.41. The van der Waals surface area contributed by atoms with Crippen molar-refractivity contribution < 1.29 is 0 Å². The van der Waals surface area contributed by atoms with Gasteiger partial charge in [-0.15, -0.1) is 5.92 Å². The molecule has 1 saturated carbocycles. The van der Waals surface area contributed by atoms with E-state index in [1.807, 2.05) is 6.92 Å². The minimum atomic E-state index is 1.26. The van der Waals surface area contributed by atoms with Gasteiger partial charge < -0.3 is 0 Å². The van der Waals surface area contributed by atoms with Gasteiger partial charge in [-0.25, -0.2) is 0 Å². The number of hydrogen-bond donors (Lipinski definition) is 0. The van der Waals surface area contributed by atoms with E-state index < -0.39 is 0 Å². The molecule has 0 aromatic carbocycles. The van der Waals surface area contributed by atoms with Crippen molar-refractivity contribution >= 4 is 0 Å². The molecule has 0 aliphatic heterocycles. The zero-order valence-electron chi connectivity index (χ0n) is 3.91. The van der Waals surface area contributed by atoms with E-state index in [2.05, 4.69) is 11.8 Å². The van der Waals surface area contributed by atoms with E-state index >= 15 is 0 Å². The molecule has 0 spiro atoms. The van der Waals surface area contributed by atoms with Crippen molar-refractivity contribution in [1.29, 1.82) is 0 Å². The van der Waals surface area contributed by atoms with Gasteiger partial charge in [0.15, 0.2) is 0 Å². The zero-order valence-corrected chi connectivity index (χ0v) is 3.91. The molecule has 0 N–H and O–H groups in total. The van der Waals surface area contributed by atoms with Gasteiger partial charge in [-0.05, 0) is 19.8 Å². The molecule has 0 nitrogen and oxygen atoms in total. The molecule has 0 bridgehead atoms. The van der Waals surface area contributed by atoms with Crippen LogP contribution in [0.4, 0.5) is 0 Å². The minimum absolute atomic E-state index is 1.26. The molecule has 1 rings (SSSR count). The Kier molecular flexibility index (Phi) is 0.837. The third-order valence-electron chi connectivity index (χ3n) is 0.802. The number of hydrogen-bond acceptors (Lipinski definition) is 0. The van der Waals surface area contributed by atoms with Gasteiger partial charge in [0.1, 0.15) is 0 Å². The van der Waals surface area contributed by atoms with Crippen molar-refractivity contribution in [3.8, 4) is 11.8 Å². The highest BCUT2D eigenvalue weighted by atomic mass is 14.2. The molecule has 0 saturated heterocycles. The lowest BCUT2D eigenvalue weighted by Crippen LogP contribution is -1.52. The normalized spacial score (nSPS) is 18.8. The molecular weight excluding hydrogens is 72.1 g/mol. The first-order valence-corrected chi connectivity index (χ1v) is 2.21. The maximum atomic E-state index is 2.99. The van der Waals surface area contributed by atoms with Gasteiger partial charge >= 0.3 is 0 Å². The highest BCUT2D eigenvalue weighted by Crippen LogP contribution is 2.30. The summed E-state index contributed by atoms with van der Waals surface area (Å²) >= 11 is 0. The Labute approximate surface area is 38.6 Å². The Balaban J connectivity index is 2.27. The van der Waals surface area contributed by atoms with Gasteiger partial charge in [0.25, 0.3) is 0 Å². The molecule has 1 radical (unpaired) electrons. The monoisotopic (exact) mass is 79.1 g/mol. The molecule has 1 aliphatic rings. The molecule has 1 fully saturated rings. The Morgan fingerprint density at radius 3 is 2.33 bits per heavy atom. The lowest BCUT2D eigenvalue weighted by molar-refractivity contribution is 1.50. The van der Waals surface area contributed by atoms with Crippen molar-refractivity contribution in [2.45, 2.75) is 19.8 Å². The van der Waals surface area contributed by atoms with Crippen LogP contribution in [0.15, 0.2) is 0 Å². The summed E-state index contributed by atoms with van der Waals surface area (Å²) in [6.45, 7) is 1.88. The molecule has 31 valence electrons. The lowest BCUT2D eigenvalue weighted by atomic mass is 10.4. The van der Waals surface area contributed by atoms with Gasteiger partial charge in [0.2, 0.25) is 0 Å². The summed E-state index contributed by atoms with van der Waals surface area (Å²) in [6.07, 6.45) is 2.53. The van der Waals surface area contributed by atoms with Crippen LogP contribution < -0.4 is 0 Å². The summed E-state index contributed by atoms with van der Waals surface area (Å²) in [6, 6.07) is 0. The van der Waals surface area contributed by atoms with Crippen molar-refractivity contribution in [1.82, 2.24) is 0 Å². The molecule has 0 aromatic heterocycles. The third kappa shape index (κ3) is 0.755. The molecule has 6 heavy (non-hydrogen) atoms. The van der Waals surface area contributed by atoms with E-state index in [-0.39, 0.29) is 0 Å². The fraction of sp³-hybridized carbons (Fsp3) is 0.500. The Hall–Kier alpha value is -0.440. The van der Waals surface area contributed by atoms with Gasteiger partial charge in [0, 0.05) is 5.92 Å². The first-order chi connectivity index (χ1) is 2.93. The summed E-state index contributed by atoms with van der Waals surface area (Å²) in [4.78, 5) is 0. The summed E-state index contributed by atoms with van der Waals surface area (Å²) in [5, 5.41) is 0. The first kappa shape index (κ1) is 3.74. The Bertz CT molecular complexity index is 88.3. The van der Waals surface area contributed by atoms with Gasteiger partial charge in [-0.1, -0.05) is 5.92 Å². The summed E-state index contributed by atoms with van der Waals surface area (Å²) in [7, 11) is 0. The van der Waals surface area contributed by atoms with Crippen LogP contribution in [-0.4, -0.2) is 0 Å². The van der Waals surface area contributed by atoms with Crippen LogP contribution in [0.2, 0.25) is 0 Å². The highest BCUT2D eigenvalue weighted by Gasteiger charge is 2.18. The maximum absolute atomic E-state index is 2.99. The lowest BCUT2D eigenvalue weighted by Gasteiger charge is -1.61. The summed E-state index contributed by atoms with van der Waals surface area (Å²) in [5.74, 6) is 7.26. The van der Waals surface area contributed by atoms with E-state index in [1.54, 1.807) is 0 Å². The predicted octanol–water partition coefficient (Wildman–Crippen LogP) is 1.38. The van der Waals surface area contributed by atoms with E-state index in [0.717, 1.165) is 0 Å². The van der Waals surface area contributed by atoms with Crippen LogP contribution >= 0.6 is 0 Å². The van der Waals surface area contributed by atoms with Crippen LogP contribution in [0.3, 0.4) is 0 Å². The average Bonchev–Trinajstić information content (AvgIpc) is 2.21. The van der Waals surface area contributed by atoms with Crippen LogP contribution in [0.5, 0.6) is 0 Å². The second-order valence-electron chi connectivity index (χ2n) is 1.48. The third-order valence-corrected chi connectivity index (χ3v) is 0.802. The van der Waals surface area contributed by atoms with Crippen molar-refractivity contribution in [3.63, 3.8) is 0 Å². The SMILES string of the molecule is CC#C[C]1CC1. The van der Waals surface area contributed by atoms with Crippen molar-refractivity contribution in [2.24, 2.45) is 0 Å². The second-order valence-corrected chi connectivity index (χ2v) is 1.48. The fourth-order valence-corrected chi connectivity index (χ4v) is 0.364. The average molecular weight is 79.1 g/mol. The molecule has 0 atom stereocenters. The minimum Gasteiger partial charge on any atom is -0.106 e. The van der Waals surface area contributed by atoms with Crippen LogP contribution in [0.25, 0.3) is 0 Å². The molecule has 0 heteroatoms. The standard InChI is InChI=1S/C6H7/c1-2-3-6-4-5-6/h4-5H2,1H3. The van der Waals surface area contributed by atoms with Gasteiger partial charge in [0.05, 0.1) is 0 Å². The Morgan fingerprint density at radius 1 is 1.50 bits per heavy atom. The second kappa shape index (κ2) is 1.34. The summed E-state index contributed by atoms with van der Waals surface area (Å²) in [5.41, 5.74) is 0. The molecule has 0 heterocycles. The quantitative estimate of drug-likeness (QED) is 0.385. The Morgan fingerprint density at radius 2 is 2.17 bits per heavy atom. The van der Waals surface area contributed by atoms with Crippen LogP contribution in [-0.2, 0) is 0 Å². The molecule has 0 amide bonds. The predicted molar refractivity (Wildman–Crippen MR) is 25.9 cm³/mol. The maximum Gasteiger partial charge on any atom is 0.0480 e. The van der Waals surface area contributed by atoms with Gasteiger partial charge in [-0.2, -0.15) is 0 Å². The van der Waals surface area contributed by atoms with Crippen LogP contribution in [0.1, 0.15) is 19.8 Å². The van der Waals surface area contributed by atoms with E-state index in [4.69, 9.17) is 0 Å². The highest BCUT2D eigenvalue weighted by molar-refractivity contribution is 5.29. The smallest absolute Gasteiger partial charge is 0.0480 e. The molecule has 0 unspecified atom stereocenters. The fourth-order valence-electron chi connectivity index (χ4n) is 0.364. The molecular formula is C6H7. The number of rotatable bonds is 0. The van der Waals surface area contributed by atoms with Crippen molar-refractivity contribution in [2.75, 3.05) is 0 Å². The first-order valence-electron chi connectivity index (χ1n) is 2.21. The van der Waals surface area contributed by atoms with E-state index in [1.165, 1.54) is 18.8 Å². The summed E-state index contributed by atoms with van der Waals surface area (Å²) < 4.78 is 0. The topological polar surface area (TPSA) is 0 Å². The molecule has 0 aromatic rings. The van der Waals surface area contributed by atoms with Crippen LogP contribution in [0, 0.1) is 17.8 Å². The largest absolute Gasteiger partial charge is 0.106 e. The van der Waals surface area contributed by atoms with E-state index in [9.17, 15) is 0 Å². The molecule has 1 aliphatic carbocycles. The van der Waals surface area contributed by atoms with Gasteiger partial charge in [-0.3, -0.25) is 0 Å². The van der Waals surface area contributed by atoms with E-state index in [0.29, 0.717) is 0 Å². The van der Waals surface area contributed by atoms with Crippen molar-refractivity contribution in [3.05, 3.63) is 5.92 Å².